The van der Waals surface area contributed by atoms with E-state index in [1.54, 1.807) is 18.6 Å². The highest BCUT2D eigenvalue weighted by atomic mass is 16.5. The Morgan fingerprint density at radius 2 is 1.97 bits per heavy atom. The predicted molar refractivity (Wildman–Crippen MR) is 136 cm³/mol. The van der Waals surface area contributed by atoms with Gasteiger partial charge in [0.25, 0.3) is 0 Å². The molecule has 0 N–H and O–H groups in total. The van der Waals surface area contributed by atoms with E-state index < -0.39 is 0 Å². The number of rotatable bonds is 7. The third-order valence-electron chi connectivity index (χ3n) is 10.9. The average Bonchev–Trinajstić information content (AvgIpc) is 3.10. The van der Waals surface area contributed by atoms with Gasteiger partial charge in [-0.3, -0.25) is 4.79 Å². The first-order chi connectivity index (χ1) is 16.0. The molecule has 0 heterocycles. The summed E-state index contributed by atoms with van der Waals surface area (Å²) in [5, 5.41) is 0. The van der Waals surface area contributed by atoms with Crippen LogP contribution in [-0.4, -0.2) is 23.7 Å². The number of carbonyl (C=O) groups is 1. The molecule has 0 aromatic carbocycles. The molecule has 0 aromatic rings. The Labute approximate surface area is 207 Å². The summed E-state index contributed by atoms with van der Waals surface area (Å²) in [5.74, 6) is 3.86. The number of isocyanates is 1. The zero-order valence-corrected chi connectivity index (χ0v) is 22.5. The first-order valence-corrected chi connectivity index (χ1v) is 14.0. The van der Waals surface area contributed by atoms with Crippen molar-refractivity contribution in [2.45, 2.75) is 124 Å². The predicted octanol–water partition coefficient (Wildman–Crippen LogP) is 7.42. The van der Waals surface area contributed by atoms with Crippen molar-refractivity contribution in [1.29, 1.82) is 0 Å². The molecule has 4 rings (SSSR count). The van der Waals surface area contributed by atoms with E-state index in [9.17, 15) is 9.59 Å². The number of carbonyl (C=O) groups excluding carboxylic acids is 2. The van der Waals surface area contributed by atoms with Gasteiger partial charge in [0.05, 0.1) is 5.54 Å². The van der Waals surface area contributed by atoms with E-state index in [1.807, 2.05) is 13.8 Å². The second-order valence-corrected chi connectivity index (χ2v) is 13.3. The minimum atomic E-state index is -0.280. The Kier molecular flexibility index (Phi) is 7.22. The largest absolute Gasteiger partial charge is 0.462 e. The molecule has 3 saturated carbocycles. The number of ether oxygens (including phenoxy) is 1. The lowest BCUT2D eigenvalue weighted by Crippen LogP contribution is -2.51. The van der Waals surface area contributed by atoms with Crippen LogP contribution in [0, 0.1) is 40.4 Å². The summed E-state index contributed by atoms with van der Waals surface area (Å²) in [4.78, 5) is 26.2. The molecule has 4 unspecified atom stereocenters. The van der Waals surface area contributed by atoms with Gasteiger partial charge in [0.2, 0.25) is 6.08 Å². The van der Waals surface area contributed by atoms with E-state index in [0.29, 0.717) is 10.8 Å². The topological polar surface area (TPSA) is 55.7 Å². The molecular formula is C30H47NO3. The third kappa shape index (κ3) is 4.69. The van der Waals surface area contributed by atoms with Gasteiger partial charge >= 0.3 is 5.97 Å². The van der Waals surface area contributed by atoms with Gasteiger partial charge in [-0.15, -0.1) is 0 Å². The number of nitrogens with zero attached hydrogens (tertiary/aromatic N) is 1. The lowest BCUT2D eigenvalue weighted by molar-refractivity contribution is -0.148. The van der Waals surface area contributed by atoms with E-state index in [1.165, 1.54) is 44.9 Å². The molecule has 34 heavy (non-hydrogen) atoms. The molecule has 3 fully saturated rings. The molecular weight excluding hydrogens is 422 g/mol. The standard InChI is InChI=1S/C30H47NO3/c1-20(8-7-15-28(3,4)31-19-32)25-11-12-26-24-10-9-22-18-23(34-21(2)33)13-16-29(22,5)27(24)14-17-30(25,26)6/h9,20,23-27H,7-8,10-18H2,1-6H3/t20-,23?,24?,25-,26?,27?,29+,30-/m1/s1. The molecule has 0 spiro atoms. The highest BCUT2D eigenvalue weighted by molar-refractivity contribution is 5.66. The molecule has 8 atom stereocenters. The van der Waals surface area contributed by atoms with E-state index in [2.05, 4.69) is 31.8 Å². The molecule has 4 aliphatic carbocycles. The van der Waals surface area contributed by atoms with Gasteiger partial charge in [-0.05, 0) is 106 Å². The van der Waals surface area contributed by atoms with Crippen LogP contribution in [0.5, 0.6) is 0 Å². The number of hydrogen-bond donors (Lipinski definition) is 0. The first kappa shape index (κ1) is 25.7. The second-order valence-electron chi connectivity index (χ2n) is 13.3. The number of allylic oxidation sites excluding steroid dienone is 1. The lowest BCUT2D eigenvalue weighted by atomic mass is 9.47. The number of esters is 1. The highest BCUT2D eigenvalue weighted by Crippen LogP contribution is 2.67. The molecule has 4 nitrogen and oxygen atoms in total. The van der Waals surface area contributed by atoms with Gasteiger partial charge in [0.15, 0.2) is 0 Å². The normalized spacial score (nSPS) is 40.2. The van der Waals surface area contributed by atoms with Crippen molar-refractivity contribution in [2.75, 3.05) is 0 Å². The van der Waals surface area contributed by atoms with Gasteiger partial charge in [-0.25, -0.2) is 4.79 Å². The van der Waals surface area contributed by atoms with Crippen LogP contribution >= 0.6 is 0 Å². The van der Waals surface area contributed by atoms with Crippen LogP contribution in [0.15, 0.2) is 16.6 Å². The van der Waals surface area contributed by atoms with Crippen LogP contribution in [0.4, 0.5) is 0 Å². The van der Waals surface area contributed by atoms with Crippen molar-refractivity contribution in [3.8, 4) is 0 Å². The summed E-state index contributed by atoms with van der Waals surface area (Å²) in [7, 11) is 0. The number of aliphatic imine (C=N–C) groups is 1. The van der Waals surface area contributed by atoms with Gasteiger partial charge in [-0.2, -0.15) is 4.99 Å². The van der Waals surface area contributed by atoms with Gasteiger partial charge in [0, 0.05) is 13.3 Å². The van der Waals surface area contributed by atoms with E-state index in [-0.39, 0.29) is 17.6 Å². The van der Waals surface area contributed by atoms with Crippen LogP contribution in [0.2, 0.25) is 0 Å². The van der Waals surface area contributed by atoms with Crippen LogP contribution in [0.1, 0.15) is 112 Å². The fourth-order valence-electron chi connectivity index (χ4n) is 9.18. The van der Waals surface area contributed by atoms with Crippen molar-refractivity contribution in [2.24, 2.45) is 45.4 Å². The number of hydrogen-bond acceptors (Lipinski definition) is 4. The Morgan fingerprint density at radius 3 is 2.68 bits per heavy atom. The maximum absolute atomic E-state index is 11.5. The van der Waals surface area contributed by atoms with Crippen LogP contribution < -0.4 is 0 Å². The molecule has 0 radical (unpaired) electrons. The van der Waals surface area contributed by atoms with Crippen LogP contribution in [-0.2, 0) is 14.3 Å². The average molecular weight is 470 g/mol. The zero-order valence-electron chi connectivity index (χ0n) is 22.5. The third-order valence-corrected chi connectivity index (χ3v) is 10.9. The van der Waals surface area contributed by atoms with E-state index >= 15 is 0 Å². The Hall–Kier alpha value is -1.41. The smallest absolute Gasteiger partial charge is 0.302 e. The first-order valence-electron chi connectivity index (χ1n) is 14.0. The fourth-order valence-corrected chi connectivity index (χ4v) is 9.18. The molecule has 4 aliphatic rings. The van der Waals surface area contributed by atoms with Gasteiger partial charge in [-0.1, -0.05) is 45.3 Å². The minimum Gasteiger partial charge on any atom is -0.462 e. The van der Waals surface area contributed by atoms with Crippen LogP contribution in [0.3, 0.4) is 0 Å². The summed E-state index contributed by atoms with van der Waals surface area (Å²) >= 11 is 0. The van der Waals surface area contributed by atoms with Crippen molar-refractivity contribution in [1.82, 2.24) is 0 Å². The highest BCUT2D eigenvalue weighted by Gasteiger charge is 2.59. The summed E-state index contributed by atoms with van der Waals surface area (Å²) in [6.07, 6.45) is 17.6. The molecule has 0 amide bonds. The molecule has 4 heteroatoms. The maximum atomic E-state index is 11.5. The Morgan fingerprint density at radius 1 is 1.21 bits per heavy atom. The summed E-state index contributed by atoms with van der Waals surface area (Å²) < 4.78 is 5.61. The Bertz CT molecular complexity index is 855. The summed E-state index contributed by atoms with van der Waals surface area (Å²) in [6, 6.07) is 0. The minimum absolute atomic E-state index is 0.0844. The van der Waals surface area contributed by atoms with Crippen LogP contribution in [0.25, 0.3) is 0 Å². The van der Waals surface area contributed by atoms with Crippen molar-refractivity contribution >= 4 is 12.0 Å². The molecule has 0 aromatic heterocycles. The lowest BCUT2D eigenvalue weighted by Gasteiger charge is -2.58. The van der Waals surface area contributed by atoms with Crippen molar-refractivity contribution < 1.29 is 14.3 Å². The zero-order chi connectivity index (χ0) is 24.7. The van der Waals surface area contributed by atoms with Crippen molar-refractivity contribution in [3.63, 3.8) is 0 Å². The van der Waals surface area contributed by atoms with E-state index in [0.717, 1.165) is 55.3 Å². The maximum Gasteiger partial charge on any atom is 0.302 e. The monoisotopic (exact) mass is 469 g/mol. The summed E-state index contributed by atoms with van der Waals surface area (Å²) in [5.41, 5.74) is 2.07. The molecule has 0 saturated heterocycles. The Balaban J connectivity index is 1.43. The van der Waals surface area contributed by atoms with E-state index in [4.69, 9.17) is 4.74 Å². The summed E-state index contributed by atoms with van der Waals surface area (Å²) in [6.45, 7) is 13.3. The van der Waals surface area contributed by atoms with Gasteiger partial charge in [0.1, 0.15) is 6.10 Å². The van der Waals surface area contributed by atoms with Crippen molar-refractivity contribution in [3.05, 3.63) is 11.6 Å². The second kappa shape index (κ2) is 9.57. The number of fused-ring (bicyclic) bond motifs is 5. The van der Waals surface area contributed by atoms with Gasteiger partial charge < -0.3 is 4.74 Å². The fraction of sp³-hybridized carbons (Fsp3) is 0.867. The molecule has 0 bridgehead atoms. The molecule has 0 aliphatic heterocycles. The molecule has 190 valence electrons. The SMILES string of the molecule is CC(=O)OC1CC[C@@]2(C)C(=CCC3C2CC[C@@]2(C)C3CC[C@@H]2[C@H](C)CCCC(C)(C)N=C=O)C1. The quantitative estimate of drug-likeness (QED) is 0.169.